The van der Waals surface area contributed by atoms with Gasteiger partial charge in [-0.1, -0.05) is 36.7 Å². The van der Waals surface area contributed by atoms with Crippen LogP contribution in [0.25, 0.3) is 11.4 Å². The molecule has 0 saturated heterocycles. The van der Waals surface area contributed by atoms with Gasteiger partial charge in [-0.2, -0.15) is 19.3 Å². The highest BCUT2D eigenvalue weighted by Crippen LogP contribution is 2.25. The van der Waals surface area contributed by atoms with Crippen molar-refractivity contribution >= 4 is 33.6 Å². The molecule has 0 fully saturated rings. The molecular weight excluding hydrogens is 455 g/mol. The number of imide groups is 1. The summed E-state index contributed by atoms with van der Waals surface area (Å²) in [5.74, 6) is -0.618. The van der Waals surface area contributed by atoms with Crippen LogP contribution in [0.15, 0.2) is 51.5 Å². The molecule has 4 rings (SSSR count). The smallest absolute Gasteiger partial charge is 0.335 e. The van der Waals surface area contributed by atoms with Gasteiger partial charge in [0.25, 0.3) is 5.89 Å². The number of nitrogens with zero attached hydrogens (tertiary/aromatic N) is 4. The average molecular weight is 474 g/mol. The van der Waals surface area contributed by atoms with Crippen molar-refractivity contribution in [3.63, 3.8) is 0 Å². The number of carbonyl (C=O) groups excluding carboxylic acids is 2. The molecule has 154 valence electrons. The summed E-state index contributed by atoms with van der Waals surface area (Å²) in [6, 6.07) is 4.01. The van der Waals surface area contributed by atoms with Gasteiger partial charge in [0.15, 0.2) is 6.54 Å². The number of carbonyl (C=O) groups is 2. The van der Waals surface area contributed by atoms with Gasteiger partial charge in [0, 0.05) is 5.56 Å². The molecule has 1 atom stereocenters. The van der Waals surface area contributed by atoms with E-state index in [2.05, 4.69) is 26.1 Å². The highest BCUT2D eigenvalue weighted by atomic mass is 79.9. The maximum Gasteiger partial charge on any atom is 0.501 e. The van der Waals surface area contributed by atoms with Gasteiger partial charge in [0.05, 0.1) is 11.0 Å². The van der Waals surface area contributed by atoms with Gasteiger partial charge in [-0.3, -0.25) is 0 Å². The van der Waals surface area contributed by atoms with E-state index in [0.717, 1.165) is 12.8 Å². The Hall–Kier alpha value is -2.94. The third kappa shape index (κ3) is 3.77. The van der Waals surface area contributed by atoms with Crippen molar-refractivity contribution in [1.29, 1.82) is 0 Å². The number of urea groups is 1. The van der Waals surface area contributed by atoms with Crippen LogP contribution in [0.3, 0.4) is 0 Å². The molecule has 1 unspecified atom stereocenters. The Morgan fingerprint density at radius 1 is 1.30 bits per heavy atom. The minimum Gasteiger partial charge on any atom is -0.335 e. The Morgan fingerprint density at radius 3 is 2.90 bits per heavy atom. The number of aromatic nitrogens is 2. The first-order valence-corrected chi connectivity index (χ1v) is 10.4. The average Bonchev–Trinajstić information content (AvgIpc) is 3.22. The zero-order valence-electron chi connectivity index (χ0n) is 16.2. The summed E-state index contributed by atoms with van der Waals surface area (Å²) in [5, 5.41) is 3.95. The second-order valence-corrected chi connectivity index (χ2v) is 7.85. The lowest BCUT2D eigenvalue weighted by Gasteiger charge is -2.26. The monoisotopic (exact) mass is 473 g/mol. The van der Waals surface area contributed by atoms with E-state index in [-0.39, 0.29) is 24.2 Å². The lowest BCUT2D eigenvalue weighted by Crippen LogP contribution is -2.54. The minimum atomic E-state index is -0.514. The number of unbranched alkanes of at least 4 members (excludes halogenated alkanes) is 1. The van der Waals surface area contributed by atoms with E-state index in [1.807, 2.05) is 6.92 Å². The first-order chi connectivity index (χ1) is 14.5. The Bertz CT molecular complexity index is 1110. The molecule has 0 saturated carbocycles. The van der Waals surface area contributed by atoms with E-state index in [9.17, 15) is 14.0 Å². The molecule has 2 aliphatic rings. The van der Waals surface area contributed by atoms with Crippen molar-refractivity contribution in [2.45, 2.75) is 26.3 Å². The van der Waals surface area contributed by atoms with Crippen LogP contribution in [0.5, 0.6) is 0 Å². The van der Waals surface area contributed by atoms with E-state index in [1.54, 1.807) is 36.4 Å². The largest absolute Gasteiger partial charge is 0.501 e. The predicted molar refractivity (Wildman–Crippen MR) is 110 cm³/mol. The molecule has 0 bridgehead atoms. The number of hydrogen-bond donors (Lipinski definition) is 0. The summed E-state index contributed by atoms with van der Waals surface area (Å²) in [7, 11) is 0. The minimum absolute atomic E-state index is 0.0358. The molecule has 7 nitrogen and oxygen atoms in total. The van der Waals surface area contributed by atoms with E-state index in [4.69, 9.17) is 4.52 Å². The van der Waals surface area contributed by atoms with Crippen molar-refractivity contribution in [3.05, 3.63) is 58.7 Å². The lowest BCUT2D eigenvalue weighted by atomic mass is 9.94. The number of hydrogen-bond acceptors (Lipinski definition) is 5. The molecule has 30 heavy (non-hydrogen) atoms. The van der Waals surface area contributed by atoms with Crippen molar-refractivity contribution in [1.82, 2.24) is 15.0 Å². The zero-order valence-corrected chi connectivity index (χ0v) is 17.8. The molecule has 9 heteroatoms. The van der Waals surface area contributed by atoms with Gasteiger partial charge in [-0.25, -0.2) is 9.18 Å². The van der Waals surface area contributed by atoms with E-state index in [1.165, 1.54) is 15.5 Å². The molecule has 1 aromatic heterocycles. The third-order valence-corrected chi connectivity index (χ3v) is 5.59. The standard InChI is InChI=1S/C21H19BrFN4O3/c1-2-3-10-26-20(28)14-6-4-5-7-17(14)27(21(26)29)12-18-24-19(25-30-18)13-8-9-16(23)15(22)11-13/h4-9,11,14H,2-3,10,12H2,1H3/q+1. The van der Waals surface area contributed by atoms with Gasteiger partial charge in [-0.05, 0) is 46.6 Å². The second-order valence-electron chi connectivity index (χ2n) is 7.00. The van der Waals surface area contributed by atoms with Crippen LogP contribution < -0.4 is 0 Å². The van der Waals surface area contributed by atoms with Crippen LogP contribution in [-0.4, -0.2) is 43.8 Å². The maximum absolute atomic E-state index is 13.5. The van der Waals surface area contributed by atoms with E-state index < -0.39 is 17.8 Å². The summed E-state index contributed by atoms with van der Waals surface area (Å²) < 4.78 is 20.6. The first kappa shape index (κ1) is 20.3. The Labute approximate surface area is 180 Å². The molecular formula is C21H19BrFN4O3+. The molecule has 3 amide bonds. The van der Waals surface area contributed by atoms with Crippen molar-refractivity contribution in [3.8, 4) is 11.4 Å². The van der Waals surface area contributed by atoms with Crippen LogP contribution in [0.4, 0.5) is 9.18 Å². The predicted octanol–water partition coefficient (Wildman–Crippen LogP) is 4.10. The van der Waals surface area contributed by atoms with E-state index >= 15 is 0 Å². The Kier molecular flexibility index (Phi) is 5.72. The van der Waals surface area contributed by atoms with Crippen LogP contribution in [0.2, 0.25) is 0 Å². The molecule has 0 N–H and O–H groups in total. The molecule has 0 radical (unpaired) electrons. The fourth-order valence-corrected chi connectivity index (χ4v) is 3.78. The normalized spacial score (nSPS) is 18.4. The summed E-state index contributed by atoms with van der Waals surface area (Å²) in [5.41, 5.74) is 1.17. The third-order valence-electron chi connectivity index (χ3n) is 4.98. The molecule has 1 aliphatic carbocycles. The van der Waals surface area contributed by atoms with Crippen LogP contribution >= 0.6 is 15.9 Å². The van der Waals surface area contributed by atoms with Gasteiger partial charge >= 0.3 is 11.9 Å². The lowest BCUT2D eigenvalue weighted by molar-refractivity contribution is -0.460. The molecule has 2 aromatic rings. The quantitative estimate of drug-likeness (QED) is 0.590. The zero-order chi connectivity index (χ0) is 21.3. The summed E-state index contributed by atoms with van der Waals surface area (Å²) in [4.78, 5) is 31.5. The number of halogens is 2. The van der Waals surface area contributed by atoms with Gasteiger partial charge in [0.2, 0.25) is 5.82 Å². The topological polar surface area (TPSA) is 79.3 Å². The number of fused-ring (bicyclic) bond motifs is 1. The first-order valence-electron chi connectivity index (χ1n) is 9.62. The van der Waals surface area contributed by atoms with Gasteiger partial charge in [0.1, 0.15) is 17.4 Å². The molecule has 2 heterocycles. The van der Waals surface area contributed by atoms with Crippen LogP contribution in [0.1, 0.15) is 25.7 Å². The van der Waals surface area contributed by atoms with Gasteiger partial charge < -0.3 is 4.52 Å². The molecule has 1 aliphatic heterocycles. The molecule has 1 aromatic carbocycles. The van der Waals surface area contributed by atoms with E-state index in [0.29, 0.717) is 22.3 Å². The summed E-state index contributed by atoms with van der Waals surface area (Å²) in [6.45, 7) is 2.41. The second kappa shape index (κ2) is 8.43. The SMILES string of the molecule is CCCCN1C(=O)C2C=CC=CC2=[N+](Cc2nc(-c3ccc(F)c(Br)c3)no2)C1=O. The number of rotatable bonds is 6. The highest BCUT2D eigenvalue weighted by Gasteiger charge is 2.46. The van der Waals surface area contributed by atoms with Crippen molar-refractivity contribution < 1.29 is 23.1 Å². The van der Waals surface area contributed by atoms with Gasteiger partial charge in [-0.15, -0.1) is 0 Å². The number of amides is 3. The summed E-state index contributed by atoms with van der Waals surface area (Å²) >= 11 is 3.14. The van der Waals surface area contributed by atoms with Crippen molar-refractivity contribution in [2.75, 3.05) is 6.54 Å². The number of benzene rings is 1. The fourth-order valence-electron chi connectivity index (χ4n) is 3.40. The molecule has 0 spiro atoms. The van der Waals surface area contributed by atoms with Crippen LogP contribution in [-0.2, 0) is 11.3 Å². The Balaban J connectivity index is 1.65. The Morgan fingerprint density at radius 2 is 2.13 bits per heavy atom. The van der Waals surface area contributed by atoms with Crippen LogP contribution in [0, 0.1) is 11.7 Å². The highest BCUT2D eigenvalue weighted by molar-refractivity contribution is 9.10. The van der Waals surface area contributed by atoms with Crippen molar-refractivity contribution in [2.24, 2.45) is 5.92 Å². The summed E-state index contributed by atoms with van der Waals surface area (Å²) in [6.07, 6.45) is 8.73. The maximum atomic E-state index is 13.5. The fraction of sp³-hybridized carbons (Fsp3) is 0.286. The number of allylic oxidation sites excluding steroid dienone is 3.